The van der Waals surface area contributed by atoms with E-state index in [-0.39, 0.29) is 18.1 Å². The van der Waals surface area contributed by atoms with Crippen LogP contribution < -0.4 is 15.4 Å². The minimum atomic E-state index is -1.14. The molecule has 0 spiro atoms. The third-order valence-corrected chi connectivity index (χ3v) is 4.03. The van der Waals surface area contributed by atoms with Crippen molar-refractivity contribution in [1.82, 2.24) is 0 Å². The maximum absolute atomic E-state index is 12.6. The van der Waals surface area contributed by atoms with Crippen LogP contribution in [0.15, 0.2) is 34.9 Å². The van der Waals surface area contributed by atoms with Gasteiger partial charge in [0.2, 0.25) is 11.7 Å². The smallest absolute Gasteiger partial charge is 0.271 e. The van der Waals surface area contributed by atoms with Crippen molar-refractivity contribution in [2.45, 2.75) is 26.4 Å². The zero-order chi connectivity index (χ0) is 18.4. The molecule has 2 amide bonds. The summed E-state index contributed by atoms with van der Waals surface area (Å²) in [6, 6.07) is 6.39. The molecule has 0 aliphatic carbocycles. The van der Waals surface area contributed by atoms with Crippen LogP contribution in [0.4, 0.5) is 5.69 Å². The first kappa shape index (κ1) is 16.8. The van der Waals surface area contributed by atoms with Crippen LogP contribution in [0.3, 0.4) is 0 Å². The standard InChI is InChI=1S/C18H18N2O5/c1-10-7-14-12(8-11(10)16(22)13-5-4-6-24-13)20(9-15(19)21)17(23)18(2,3)25-14/h4-8H,9H2,1-3H3,(H2,19,21). The number of amides is 2. The molecule has 1 aliphatic heterocycles. The van der Waals surface area contributed by atoms with Crippen LogP contribution in [0, 0.1) is 6.92 Å². The Morgan fingerprint density at radius 1 is 1.28 bits per heavy atom. The number of nitrogens with zero attached hydrogens (tertiary/aromatic N) is 1. The zero-order valence-electron chi connectivity index (χ0n) is 14.2. The molecule has 0 saturated heterocycles. The van der Waals surface area contributed by atoms with E-state index in [9.17, 15) is 14.4 Å². The monoisotopic (exact) mass is 342 g/mol. The van der Waals surface area contributed by atoms with Crippen molar-refractivity contribution < 1.29 is 23.5 Å². The molecule has 0 unspecified atom stereocenters. The molecule has 3 rings (SSSR count). The molecular weight excluding hydrogens is 324 g/mol. The molecule has 25 heavy (non-hydrogen) atoms. The van der Waals surface area contributed by atoms with Gasteiger partial charge in [-0.3, -0.25) is 19.3 Å². The molecule has 7 heteroatoms. The molecule has 2 N–H and O–H groups in total. The second-order valence-electron chi connectivity index (χ2n) is 6.41. The average molecular weight is 342 g/mol. The van der Waals surface area contributed by atoms with Crippen molar-refractivity contribution in [3.8, 4) is 5.75 Å². The number of hydrogen-bond acceptors (Lipinski definition) is 5. The van der Waals surface area contributed by atoms with Gasteiger partial charge in [0.1, 0.15) is 12.3 Å². The van der Waals surface area contributed by atoms with Gasteiger partial charge in [0, 0.05) is 5.56 Å². The molecule has 0 saturated carbocycles. The lowest BCUT2D eigenvalue weighted by Crippen LogP contribution is -2.54. The SMILES string of the molecule is Cc1cc2c(cc1C(=O)c1ccco1)N(CC(N)=O)C(=O)C(C)(C)O2. The summed E-state index contributed by atoms with van der Waals surface area (Å²) >= 11 is 0. The van der Waals surface area contributed by atoms with Crippen LogP contribution in [0.5, 0.6) is 5.75 Å². The second kappa shape index (κ2) is 5.77. The van der Waals surface area contributed by atoms with Crippen LogP contribution in [0.2, 0.25) is 0 Å². The van der Waals surface area contributed by atoms with Gasteiger partial charge in [-0.15, -0.1) is 0 Å². The lowest BCUT2D eigenvalue weighted by Gasteiger charge is -2.38. The number of nitrogens with two attached hydrogens (primary N) is 1. The topological polar surface area (TPSA) is 103 Å². The molecule has 7 nitrogen and oxygen atoms in total. The molecule has 1 aromatic heterocycles. The molecule has 1 aromatic carbocycles. The molecule has 1 aliphatic rings. The largest absolute Gasteiger partial charge is 0.476 e. The predicted molar refractivity (Wildman–Crippen MR) is 89.6 cm³/mol. The molecule has 0 radical (unpaired) electrons. The third kappa shape index (κ3) is 2.88. The molecule has 0 fully saturated rings. The summed E-state index contributed by atoms with van der Waals surface area (Å²) in [5.41, 5.74) is 5.51. The Morgan fingerprint density at radius 3 is 2.60 bits per heavy atom. The number of hydrogen-bond donors (Lipinski definition) is 1. The molecule has 2 heterocycles. The van der Waals surface area contributed by atoms with Crippen molar-refractivity contribution in [3.63, 3.8) is 0 Å². The van der Waals surface area contributed by atoms with Crippen molar-refractivity contribution in [1.29, 1.82) is 0 Å². The van der Waals surface area contributed by atoms with E-state index in [1.165, 1.54) is 17.2 Å². The summed E-state index contributed by atoms with van der Waals surface area (Å²) in [6.07, 6.45) is 1.41. The van der Waals surface area contributed by atoms with E-state index in [1.54, 1.807) is 39.0 Å². The molecule has 0 bridgehead atoms. The van der Waals surface area contributed by atoms with Crippen molar-refractivity contribution in [3.05, 3.63) is 47.4 Å². The predicted octanol–water partition coefficient (Wildman–Crippen LogP) is 1.81. The van der Waals surface area contributed by atoms with Crippen molar-refractivity contribution in [2.75, 3.05) is 11.4 Å². The van der Waals surface area contributed by atoms with Crippen LogP contribution in [0.25, 0.3) is 0 Å². The first-order chi connectivity index (χ1) is 11.7. The van der Waals surface area contributed by atoms with Gasteiger partial charge in [-0.25, -0.2) is 0 Å². The Balaban J connectivity index is 2.13. The molecule has 2 aromatic rings. The summed E-state index contributed by atoms with van der Waals surface area (Å²) in [6.45, 7) is 4.70. The summed E-state index contributed by atoms with van der Waals surface area (Å²) in [5.74, 6) is -0.774. The highest BCUT2D eigenvalue weighted by atomic mass is 16.5. The van der Waals surface area contributed by atoms with Gasteiger partial charge in [-0.1, -0.05) is 0 Å². The van der Waals surface area contributed by atoms with E-state index < -0.39 is 17.4 Å². The Labute approximate surface area is 144 Å². The highest BCUT2D eigenvalue weighted by molar-refractivity contribution is 6.11. The van der Waals surface area contributed by atoms with Gasteiger partial charge in [-0.05, 0) is 50.6 Å². The summed E-state index contributed by atoms with van der Waals surface area (Å²) in [7, 11) is 0. The Bertz CT molecular complexity index is 868. The van der Waals surface area contributed by atoms with E-state index in [0.29, 0.717) is 22.6 Å². The molecular formula is C18H18N2O5. The second-order valence-corrected chi connectivity index (χ2v) is 6.41. The lowest BCUT2D eigenvalue weighted by molar-refractivity contribution is -0.133. The number of anilines is 1. The number of furan rings is 1. The Kier molecular flexibility index (Phi) is 3.87. The average Bonchev–Trinajstić information content (AvgIpc) is 3.04. The van der Waals surface area contributed by atoms with Crippen molar-refractivity contribution >= 4 is 23.3 Å². The van der Waals surface area contributed by atoms with E-state index in [1.807, 2.05) is 0 Å². The number of ether oxygens (including phenoxy) is 1. The fourth-order valence-electron chi connectivity index (χ4n) is 2.81. The van der Waals surface area contributed by atoms with Crippen LogP contribution in [-0.4, -0.2) is 29.7 Å². The minimum absolute atomic E-state index is 0.188. The molecule has 130 valence electrons. The summed E-state index contributed by atoms with van der Waals surface area (Å²) < 4.78 is 10.9. The number of rotatable bonds is 4. The Morgan fingerprint density at radius 2 is 2.00 bits per heavy atom. The normalized spacial score (nSPS) is 15.5. The van der Waals surface area contributed by atoms with E-state index >= 15 is 0 Å². The summed E-state index contributed by atoms with van der Waals surface area (Å²) in [4.78, 5) is 37.9. The number of aryl methyl sites for hydroxylation is 1. The third-order valence-electron chi connectivity index (χ3n) is 4.03. The number of carbonyl (C=O) groups excluding carboxylic acids is 3. The van der Waals surface area contributed by atoms with E-state index in [0.717, 1.165) is 0 Å². The van der Waals surface area contributed by atoms with Gasteiger partial charge >= 0.3 is 0 Å². The Hall–Kier alpha value is -3.09. The van der Waals surface area contributed by atoms with Gasteiger partial charge in [-0.2, -0.15) is 0 Å². The lowest BCUT2D eigenvalue weighted by atomic mass is 9.97. The number of ketones is 1. The fraction of sp³-hybridized carbons (Fsp3) is 0.278. The first-order valence-corrected chi connectivity index (χ1v) is 7.73. The van der Waals surface area contributed by atoms with Crippen LogP contribution >= 0.6 is 0 Å². The maximum Gasteiger partial charge on any atom is 0.271 e. The summed E-state index contributed by atoms with van der Waals surface area (Å²) in [5, 5.41) is 0. The number of primary amides is 1. The quantitative estimate of drug-likeness (QED) is 0.854. The van der Waals surface area contributed by atoms with Crippen LogP contribution in [0.1, 0.15) is 35.5 Å². The minimum Gasteiger partial charge on any atom is -0.476 e. The van der Waals surface area contributed by atoms with Crippen molar-refractivity contribution in [2.24, 2.45) is 5.73 Å². The van der Waals surface area contributed by atoms with Gasteiger partial charge < -0.3 is 14.9 Å². The van der Waals surface area contributed by atoms with E-state index in [4.69, 9.17) is 14.9 Å². The highest BCUT2D eigenvalue weighted by Crippen LogP contribution is 2.40. The highest BCUT2D eigenvalue weighted by Gasteiger charge is 2.42. The van der Waals surface area contributed by atoms with Crippen LogP contribution in [-0.2, 0) is 9.59 Å². The van der Waals surface area contributed by atoms with Gasteiger partial charge in [0.05, 0.1) is 12.0 Å². The zero-order valence-corrected chi connectivity index (χ0v) is 14.2. The molecule has 0 atom stereocenters. The maximum atomic E-state index is 12.6. The number of fused-ring (bicyclic) bond motifs is 1. The number of benzene rings is 1. The van der Waals surface area contributed by atoms with E-state index in [2.05, 4.69) is 0 Å². The number of carbonyl (C=O) groups is 3. The van der Waals surface area contributed by atoms with Gasteiger partial charge in [0.25, 0.3) is 5.91 Å². The fourth-order valence-corrected chi connectivity index (χ4v) is 2.81. The van der Waals surface area contributed by atoms with Gasteiger partial charge in [0.15, 0.2) is 11.4 Å². The first-order valence-electron chi connectivity index (χ1n) is 7.73.